The van der Waals surface area contributed by atoms with Crippen molar-refractivity contribution in [2.75, 3.05) is 6.61 Å². The monoisotopic (exact) mass is 249 g/mol. The number of nitrogens with one attached hydrogen (secondary N) is 2. The third-order valence-electron chi connectivity index (χ3n) is 2.58. The van der Waals surface area contributed by atoms with Crippen LogP contribution in [0, 0.1) is 4.77 Å². The molecule has 1 aromatic carbocycles. The molecule has 0 bridgehead atoms. The highest BCUT2D eigenvalue weighted by molar-refractivity contribution is 7.71. The highest BCUT2D eigenvalue weighted by Crippen LogP contribution is 2.34. The van der Waals surface area contributed by atoms with E-state index in [0.29, 0.717) is 17.2 Å². The maximum absolute atomic E-state index is 5.87. The third kappa shape index (κ3) is 2.03. The number of para-hydroxylation sites is 2. The molecule has 2 heterocycles. The molecule has 88 valence electrons. The number of nitrogens with zero attached hydrogens (tertiary/aromatic N) is 1. The van der Waals surface area contributed by atoms with Gasteiger partial charge in [0, 0.05) is 6.42 Å². The number of H-pyrrole nitrogens is 2. The first kappa shape index (κ1) is 10.3. The molecule has 0 aliphatic carbocycles. The van der Waals surface area contributed by atoms with Crippen LogP contribution in [0.15, 0.2) is 24.3 Å². The highest BCUT2D eigenvalue weighted by atomic mass is 32.1. The molecule has 0 spiro atoms. The molecule has 17 heavy (non-hydrogen) atoms. The van der Waals surface area contributed by atoms with Gasteiger partial charge in [0.05, 0.1) is 6.61 Å². The molecule has 1 aliphatic heterocycles. The van der Waals surface area contributed by atoms with Crippen LogP contribution in [0.2, 0.25) is 0 Å². The van der Waals surface area contributed by atoms with Gasteiger partial charge in [0.1, 0.15) is 0 Å². The predicted octanol–water partition coefficient (Wildman–Crippen LogP) is 2.37. The molecule has 3 rings (SSSR count). The Morgan fingerprint density at radius 1 is 1.24 bits per heavy atom. The number of fused-ring (bicyclic) bond motifs is 1. The summed E-state index contributed by atoms with van der Waals surface area (Å²) in [5.74, 6) is 2.21. The van der Waals surface area contributed by atoms with E-state index in [-0.39, 0.29) is 6.10 Å². The number of aromatic nitrogens is 3. The Morgan fingerprint density at radius 3 is 2.82 bits per heavy atom. The summed E-state index contributed by atoms with van der Waals surface area (Å²) < 4.78 is 11.9. The first-order valence-electron chi connectivity index (χ1n) is 5.36. The molecule has 5 nitrogen and oxygen atoms in total. The summed E-state index contributed by atoms with van der Waals surface area (Å²) in [6, 6.07) is 7.61. The van der Waals surface area contributed by atoms with Crippen molar-refractivity contribution in [3.8, 4) is 11.5 Å². The second-order valence-electron chi connectivity index (χ2n) is 3.74. The summed E-state index contributed by atoms with van der Waals surface area (Å²) in [7, 11) is 0. The summed E-state index contributed by atoms with van der Waals surface area (Å²) in [5.41, 5.74) is 0. The molecule has 1 atom stereocenters. The van der Waals surface area contributed by atoms with Crippen molar-refractivity contribution in [1.29, 1.82) is 0 Å². The SMILES string of the molecule is S=c1nc(C2CCOc3ccccc3O2)[nH][nH]1. The number of benzene rings is 1. The molecule has 0 saturated carbocycles. The van der Waals surface area contributed by atoms with E-state index in [1.807, 2.05) is 24.3 Å². The Labute approximate surface area is 103 Å². The Bertz CT molecular complexity index is 578. The molecular weight excluding hydrogens is 238 g/mol. The van der Waals surface area contributed by atoms with Gasteiger partial charge in [0.25, 0.3) is 0 Å². The molecule has 1 aromatic heterocycles. The lowest BCUT2D eigenvalue weighted by atomic mass is 10.2. The normalized spacial score (nSPS) is 18.7. The van der Waals surface area contributed by atoms with Crippen LogP contribution in [0.1, 0.15) is 18.3 Å². The smallest absolute Gasteiger partial charge is 0.213 e. The van der Waals surface area contributed by atoms with Crippen LogP contribution in [0.5, 0.6) is 11.5 Å². The number of hydrogen-bond donors (Lipinski definition) is 2. The lowest BCUT2D eigenvalue weighted by molar-refractivity contribution is 0.185. The fourth-order valence-corrected chi connectivity index (χ4v) is 1.93. The maximum atomic E-state index is 5.87. The standard InChI is InChI=1S/C11H11N3O2S/c17-11-12-10(13-14-11)9-5-6-15-7-3-1-2-4-8(7)16-9/h1-4,9H,5-6H2,(H2,12,13,14,17). The summed E-state index contributed by atoms with van der Waals surface area (Å²) in [6.45, 7) is 0.592. The van der Waals surface area contributed by atoms with Gasteiger partial charge >= 0.3 is 0 Å². The van der Waals surface area contributed by atoms with Crippen molar-refractivity contribution in [2.45, 2.75) is 12.5 Å². The van der Waals surface area contributed by atoms with Crippen LogP contribution in [0.25, 0.3) is 0 Å². The Hall–Kier alpha value is -1.82. The molecule has 1 unspecified atom stereocenters. The summed E-state index contributed by atoms with van der Waals surface area (Å²) >= 11 is 4.93. The minimum Gasteiger partial charge on any atom is -0.490 e. The first-order valence-corrected chi connectivity index (χ1v) is 5.77. The van der Waals surface area contributed by atoms with E-state index in [9.17, 15) is 0 Å². The molecule has 0 amide bonds. The van der Waals surface area contributed by atoms with Gasteiger partial charge in [-0.3, -0.25) is 10.2 Å². The van der Waals surface area contributed by atoms with E-state index in [4.69, 9.17) is 21.7 Å². The molecule has 2 N–H and O–H groups in total. The van der Waals surface area contributed by atoms with Crippen molar-refractivity contribution < 1.29 is 9.47 Å². The van der Waals surface area contributed by atoms with Crippen LogP contribution < -0.4 is 9.47 Å². The van der Waals surface area contributed by atoms with Crippen molar-refractivity contribution in [2.24, 2.45) is 0 Å². The third-order valence-corrected chi connectivity index (χ3v) is 2.77. The van der Waals surface area contributed by atoms with Crippen molar-refractivity contribution in [3.63, 3.8) is 0 Å². The molecule has 1 aliphatic rings. The van der Waals surface area contributed by atoms with Crippen LogP contribution >= 0.6 is 12.2 Å². The quantitative estimate of drug-likeness (QED) is 0.762. The average molecular weight is 249 g/mol. The Morgan fingerprint density at radius 2 is 2.06 bits per heavy atom. The van der Waals surface area contributed by atoms with E-state index in [2.05, 4.69) is 15.2 Å². The van der Waals surface area contributed by atoms with Crippen molar-refractivity contribution >= 4 is 12.2 Å². The fourth-order valence-electron chi connectivity index (χ4n) is 1.78. The Kier molecular flexibility index (Phi) is 2.56. The summed E-state index contributed by atoms with van der Waals surface area (Å²) in [6.07, 6.45) is 0.566. The largest absolute Gasteiger partial charge is 0.490 e. The number of aromatic amines is 2. The van der Waals surface area contributed by atoms with Gasteiger partial charge in [-0.05, 0) is 24.4 Å². The fraction of sp³-hybridized carbons (Fsp3) is 0.273. The van der Waals surface area contributed by atoms with Gasteiger partial charge in [-0.15, -0.1) is 0 Å². The first-order chi connectivity index (χ1) is 8.33. The molecular formula is C11H11N3O2S. The predicted molar refractivity (Wildman–Crippen MR) is 63.7 cm³/mol. The van der Waals surface area contributed by atoms with Crippen LogP contribution in [-0.2, 0) is 0 Å². The lowest BCUT2D eigenvalue weighted by Gasteiger charge is -2.12. The molecule has 2 aromatic rings. The minimum absolute atomic E-state index is 0.161. The molecule has 6 heteroatoms. The molecule has 0 radical (unpaired) electrons. The second kappa shape index (κ2) is 4.21. The van der Waals surface area contributed by atoms with E-state index >= 15 is 0 Å². The van der Waals surface area contributed by atoms with Crippen LogP contribution in [-0.4, -0.2) is 21.8 Å². The van der Waals surface area contributed by atoms with Gasteiger partial charge < -0.3 is 9.47 Å². The number of hydrogen-bond acceptors (Lipinski definition) is 4. The Balaban J connectivity index is 1.92. The van der Waals surface area contributed by atoms with Crippen LogP contribution in [0.4, 0.5) is 0 Å². The second-order valence-corrected chi connectivity index (χ2v) is 4.13. The molecule has 0 saturated heterocycles. The molecule has 0 fully saturated rings. The van der Waals surface area contributed by atoms with Gasteiger partial charge in [-0.2, -0.15) is 0 Å². The summed E-state index contributed by atoms with van der Waals surface area (Å²) in [4.78, 5) is 4.17. The average Bonchev–Trinajstić information content (AvgIpc) is 2.65. The van der Waals surface area contributed by atoms with E-state index in [1.54, 1.807) is 0 Å². The number of ether oxygens (including phenoxy) is 2. The van der Waals surface area contributed by atoms with Crippen LogP contribution in [0.3, 0.4) is 0 Å². The van der Waals surface area contributed by atoms with E-state index in [0.717, 1.165) is 17.9 Å². The van der Waals surface area contributed by atoms with Gasteiger partial charge in [0.2, 0.25) is 4.77 Å². The van der Waals surface area contributed by atoms with E-state index in [1.165, 1.54) is 0 Å². The summed E-state index contributed by atoms with van der Waals surface area (Å²) in [5, 5.41) is 5.68. The maximum Gasteiger partial charge on any atom is 0.213 e. The van der Waals surface area contributed by atoms with Crippen molar-refractivity contribution in [1.82, 2.24) is 15.2 Å². The van der Waals surface area contributed by atoms with Gasteiger partial charge in [-0.25, -0.2) is 4.98 Å². The van der Waals surface area contributed by atoms with Crippen molar-refractivity contribution in [3.05, 3.63) is 34.9 Å². The topological polar surface area (TPSA) is 62.9 Å². The highest BCUT2D eigenvalue weighted by Gasteiger charge is 2.22. The zero-order valence-electron chi connectivity index (χ0n) is 8.97. The van der Waals surface area contributed by atoms with Gasteiger partial charge in [-0.1, -0.05) is 12.1 Å². The zero-order valence-corrected chi connectivity index (χ0v) is 9.79. The van der Waals surface area contributed by atoms with Gasteiger partial charge in [0.15, 0.2) is 23.4 Å². The van der Waals surface area contributed by atoms with E-state index < -0.39 is 0 Å². The lowest BCUT2D eigenvalue weighted by Crippen LogP contribution is -2.10. The zero-order chi connectivity index (χ0) is 11.7. The minimum atomic E-state index is -0.161. The number of rotatable bonds is 1.